The van der Waals surface area contributed by atoms with Crippen molar-refractivity contribution in [2.75, 3.05) is 65.9 Å². The molecule has 6 N–H and O–H groups in total. The van der Waals surface area contributed by atoms with E-state index >= 15 is 0 Å². The molecular formula is C34H53N7O8. The van der Waals surface area contributed by atoms with Crippen LogP contribution in [0.2, 0.25) is 0 Å². The summed E-state index contributed by atoms with van der Waals surface area (Å²) in [5.74, 6) is -0.00524. The highest BCUT2D eigenvalue weighted by Crippen LogP contribution is 2.23. The van der Waals surface area contributed by atoms with E-state index in [1.165, 1.54) is 6.92 Å². The van der Waals surface area contributed by atoms with Crippen molar-refractivity contribution < 1.29 is 38.1 Å². The Balaban J connectivity index is 0.00000154. The molecule has 3 heterocycles. The molecule has 2 unspecified atom stereocenters. The lowest BCUT2D eigenvalue weighted by Gasteiger charge is -2.33. The molecule has 2 atom stereocenters. The van der Waals surface area contributed by atoms with Gasteiger partial charge in [0.1, 0.15) is 11.8 Å². The van der Waals surface area contributed by atoms with E-state index in [2.05, 4.69) is 21.5 Å². The fourth-order valence-electron chi connectivity index (χ4n) is 5.43. The SMILES string of the molecule is CC(N)=O.Cc1ccc2cc1CNC(=O)C(c1cnn(CCOCCOCCOCCN)c1)NC(=O)CCC(=O)N1CCCC(CCO2)C1. The van der Waals surface area contributed by atoms with Crippen LogP contribution < -0.4 is 26.8 Å². The summed E-state index contributed by atoms with van der Waals surface area (Å²) in [6.45, 7) is 9.19. The first-order valence-corrected chi connectivity index (χ1v) is 16.9. The summed E-state index contributed by atoms with van der Waals surface area (Å²) < 4.78 is 24.1. The molecule has 1 saturated heterocycles. The lowest BCUT2D eigenvalue weighted by atomic mass is 9.95. The number of carbonyl (C=O) groups excluding carboxylic acids is 4. The predicted molar refractivity (Wildman–Crippen MR) is 181 cm³/mol. The molecule has 15 heteroatoms. The first kappa shape index (κ1) is 39.4. The molecular weight excluding hydrogens is 634 g/mol. The number of rotatable bonds is 12. The van der Waals surface area contributed by atoms with Gasteiger partial charge in [-0.25, -0.2) is 0 Å². The van der Waals surface area contributed by atoms with Crippen molar-refractivity contribution in [1.82, 2.24) is 25.3 Å². The van der Waals surface area contributed by atoms with Crippen molar-refractivity contribution >= 4 is 23.6 Å². The van der Waals surface area contributed by atoms with Gasteiger partial charge in [0, 0.05) is 57.7 Å². The molecule has 4 bridgehead atoms. The lowest BCUT2D eigenvalue weighted by Crippen LogP contribution is -2.42. The van der Waals surface area contributed by atoms with E-state index < -0.39 is 6.04 Å². The number of benzene rings is 1. The van der Waals surface area contributed by atoms with Gasteiger partial charge in [-0.3, -0.25) is 23.9 Å². The zero-order valence-electron chi connectivity index (χ0n) is 28.8. The Morgan fingerprint density at radius 3 is 2.49 bits per heavy atom. The zero-order chi connectivity index (χ0) is 35.4. The van der Waals surface area contributed by atoms with E-state index in [1.807, 2.05) is 30.0 Å². The normalized spacial score (nSPS) is 19.0. The van der Waals surface area contributed by atoms with E-state index in [-0.39, 0.29) is 43.0 Å². The fraction of sp³-hybridized carbons (Fsp3) is 0.618. The number of ether oxygens (including phenoxy) is 4. The number of fused-ring (bicyclic) bond motifs is 4. The molecule has 2 aromatic rings. The highest BCUT2D eigenvalue weighted by Gasteiger charge is 2.27. The minimum atomic E-state index is -0.977. The van der Waals surface area contributed by atoms with E-state index in [9.17, 15) is 19.2 Å². The van der Waals surface area contributed by atoms with Crippen LogP contribution in [0.25, 0.3) is 0 Å². The molecule has 4 rings (SSSR count). The second-order valence-electron chi connectivity index (χ2n) is 12.1. The maximum absolute atomic E-state index is 13.5. The number of nitrogens with zero attached hydrogens (tertiary/aromatic N) is 3. The van der Waals surface area contributed by atoms with Crippen LogP contribution in [0.3, 0.4) is 0 Å². The molecule has 272 valence electrons. The lowest BCUT2D eigenvalue weighted by molar-refractivity contribution is -0.135. The monoisotopic (exact) mass is 687 g/mol. The minimum absolute atomic E-state index is 0.00274. The molecule has 49 heavy (non-hydrogen) atoms. The Kier molecular flexibility index (Phi) is 17.5. The van der Waals surface area contributed by atoms with Gasteiger partial charge in [-0.2, -0.15) is 5.10 Å². The van der Waals surface area contributed by atoms with Gasteiger partial charge in [0.15, 0.2) is 0 Å². The smallest absolute Gasteiger partial charge is 0.247 e. The number of nitrogens with one attached hydrogen (secondary N) is 2. The van der Waals surface area contributed by atoms with Gasteiger partial charge in [0.2, 0.25) is 23.6 Å². The number of amides is 4. The molecule has 4 amide bonds. The van der Waals surface area contributed by atoms with Crippen LogP contribution >= 0.6 is 0 Å². The highest BCUT2D eigenvalue weighted by molar-refractivity contribution is 5.90. The number of carbonyl (C=O) groups is 4. The van der Waals surface area contributed by atoms with Crippen molar-refractivity contribution in [3.8, 4) is 5.75 Å². The third-order valence-corrected chi connectivity index (χ3v) is 8.03. The predicted octanol–water partition coefficient (Wildman–Crippen LogP) is 0.967. The molecule has 1 aromatic heterocycles. The van der Waals surface area contributed by atoms with E-state index in [4.69, 9.17) is 24.7 Å². The molecule has 0 saturated carbocycles. The summed E-state index contributed by atoms with van der Waals surface area (Å²) in [6.07, 6.45) is 6.23. The van der Waals surface area contributed by atoms with Gasteiger partial charge in [0.05, 0.1) is 59.0 Å². The van der Waals surface area contributed by atoms with Crippen LogP contribution in [0.15, 0.2) is 30.6 Å². The average Bonchev–Trinajstić information content (AvgIpc) is 3.55. The second-order valence-corrected chi connectivity index (χ2v) is 12.1. The van der Waals surface area contributed by atoms with Crippen molar-refractivity contribution in [3.63, 3.8) is 0 Å². The van der Waals surface area contributed by atoms with Crippen LogP contribution in [0.5, 0.6) is 5.75 Å². The molecule has 15 nitrogen and oxygen atoms in total. The van der Waals surface area contributed by atoms with Crippen LogP contribution in [-0.2, 0) is 46.5 Å². The molecule has 1 aromatic carbocycles. The highest BCUT2D eigenvalue weighted by atomic mass is 16.5. The van der Waals surface area contributed by atoms with Crippen molar-refractivity contribution in [2.45, 2.75) is 65.1 Å². The Morgan fingerprint density at radius 1 is 1.04 bits per heavy atom. The number of aromatic nitrogens is 2. The van der Waals surface area contributed by atoms with Crippen molar-refractivity contribution in [1.29, 1.82) is 0 Å². The third-order valence-electron chi connectivity index (χ3n) is 8.03. The van der Waals surface area contributed by atoms with Gasteiger partial charge in [-0.1, -0.05) is 6.07 Å². The maximum atomic E-state index is 13.5. The maximum Gasteiger partial charge on any atom is 0.247 e. The summed E-state index contributed by atoms with van der Waals surface area (Å²) in [4.78, 5) is 50.6. The summed E-state index contributed by atoms with van der Waals surface area (Å²) in [5.41, 5.74) is 12.3. The third kappa shape index (κ3) is 14.9. The first-order chi connectivity index (χ1) is 23.7. The Morgan fingerprint density at radius 2 is 1.76 bits per heavy atom. The van der Waals surface area contributed by atoms with Crippen LogP contribution in [0.4, 0.5) is 0 Å². The minimum Gasteiger partial charge on any atom is -0.494 e. The number of hydrogen-bond donors (Lipinski definition) is 4. The van der Waals surface area contributed by atoms with Crippen LogP contribution in [0.1, 0.15) is 61.8 Å². The van der Waals surface area contributed by atoms with Crippen LogP contribution in [-0.4, -0.2) is 104 Å². The Labute approximate surface area is 288 Å². The van der Waals surface area contributed by atoms with E-state index in [0.717, 1.165) is 36.1 Å². The van der Waals surface area contributed by atoms with Gasteiger partial charge in [0.25, 0.3) is 0 Å². The Hall–Kier alpha value is -4.05. The summed E-state index contributed by atoms with van der Waals surface area (Å²) in [5, 5.41) is 10.2. The van der Waals surface area contributed by atoms with Gasteiger partial charge in [-0.05, 0) is 55.4 Å². The molecule has 1 fully saturated rings. The fourth-order valence-corrected chi connectivity index (χ4v) is 5.43. The van der Waals surface area contributed by atoms with Gasteiger partial charge >= 0.3 is 0 Å². The zero-order valence-corrected chi connectivity index (χ0v) is 28.8. The van der Waals surface area contributed by atoms with Gasteiger partial charge < -0.3 is 45.9 Å². The number of nitrogens with two attached hydrogens (primary N) is 2. The molecule has 0 radical (unpaired) electrons. The molecule has 2 aliphatic rings. The molecule has 0 spiro atoms. The van der Waals surface area contributed by atoms with Crippen LogP contribution in [0, 0.1) is 12.8 Å². The van der Waals surface area contributed by atoms with Crippen molar-refractivity contribution in [2.24, 2.45) is 17.4 Å². The molecule has 2 aliphatic heterocycles. The standard InChI is InChI=1S/C32H48N6O7.C2H5NO/c1-24-4-5-28-19-26(24)20-34-32(41)31(27-21-35-38(23-27)11-14-43-16-18-44-17-15-42-13-9-33)36-29(39)6-7-30(40)37-10-2-3-25(22-37)8-12-45-28;1-2(3)4/h4-5,19,21,23,25,31H,2-3,6-18,20,22,33H2,1H3,(H,34,41)(H,36,39);1H3,(H2,3,4). The second kappa shape index (κ2) is 21.8. The van der Waals surface area contributed by atoms with Gasteiger partial charge in [-0.15, -0.1) is 0 Å². The summed E-state index contributed by atoms with van der Waals surface area (Å²) >= 11 is 0. The van der Waals surface area contributed by atoms with E-state index in [1.54, 1.807) is 17.1 Å². The topological polar surface area (TPSA) is 202 Å². The summed E-state index contributed by atoms with van der Waals surface area (Å²) in [6, 6.07) is 4.88. The number of hydrogen-bond acceptors (Lipinski definition) is 10. The van der Waals surface area contributed by atoms with Crippen molar-refractivity contribution in [3.05, 3.63) is 47.3 Å². The molecule has 0 aliphatic carbocycles. The number of piperidine rings is 1. The van der Waals surface area contributed by atoms with E-state index in [0.29, 0.717) is 83.9 Å². The number of aryl methyl sites for hydroxylation is 1. The largest absolute Gasteiger partial charge is 0.494 e. The first-order valence-electron chi connectivity index (χ1n) is 16.9. The number of primary amides is 1. The summed E-state index contributed by atoms with van der Waals surface area (Å²) in [7, 11) is 0. The quantitative estimate of drug-likeness (QED) is 0.233. The average molecular weight is 688 g/mol. The Bertz CT molecular complexity index is 1330.